The smallest absolute Gasteiger partial charge is 0.255 e. The zero-order valence-electron chi connectivity index (χ0n) is 14.9. The maximum Gasteiger partial charge on any atom is 0.255 e. The molecular formula is C19H23N5OS. The summed E-state index contributed by atoms with van der Waals surface area (Å²) in [4.78, 5) is 19.7. The van der Waals surface area contributed by atoms with Gasteiger partial charge >= 0.3 is 0 Å². The second kappa shape index (κ2) is 7.45. The molecule has 0 unspecified atom stereocenters. The Kier molecular flexibility index (Phi) is 4.88. The van der Waals surface area contributed by atoms with Gasteiger partial charge in [-0.2, -0.15) is 5.10 Å². The fraction of sp³-hybridized carbons (Fsp3) is 0.421. The van der Waals surface area contributed by atoms with E-state index < -0.39 is 0 Å². The lowest BCUT2D eigenvalue weighted by Gasteiger charge is -2.32. The van der Waals surface area contributed by atoms with Crippen molar-refractivity contribution in [2.24, 2.45) is 0 Å². The highest BCUT2D eigenvalue weighted by atomic mass is 32.1. The third kappa shape index (κ3) is 3.44. The number of aromatic nitrogens is 3. The number of anilines is 1. The van der Waals surface area contributed by atoms with Crippen LogP contribution in [-0.4, -0.2) is 40.2 Å². The molecule has 2 aromatic heterocycles. The molecule has 7 heteroatoms. The van der Waals surface area contributed by atoms with Crippen LogP contribution in [0.25, 0.3) is 10.2 Å². The molecular weight excluding hydrogens is 346 g/mol. The third-order valence-electron chi connectivity index (χ3n) is 4.77. The Morgan fingerprint density at radius 2 is 2.31 bits per heavy atom. The van der Waals surface area contributed by atoms with Crippen LogP contribution < -0.4 is 10.2 Å². The lowest BCUT2D eigenvalue weighted by atomic mass is 10.1. The van der Waals surface area contributed by atoms with Gasteiger partial charge in [-0.15, -0.1) is 0 Å². The van der Waals surface area contributed by atoms with Crippen LogP contribution in [0.1, 0.15) is 42.2 Å². The van der Waals surface area contributed by atoms with Crippen molar-refractivity contribution in [2.45, 2.75) is 38.6 Å². The van der Waals surface area contributed by atoms with Gasteiger partial charge in [0.15, 0.2) is 5.13 Å². The standard InChI is InChI=1S/C19H23N5OS/c1-2-6-15-14(11-20-23-15)18(25)21-13-7-5-10-24(12-13)19-22-16-8-3-4-9-17(16)26-19/h3-4,8-9,11,13H,2,5-7,10,12H2,1H3,(H,20,23)(H,21,25)/t13-/m1/s1. The first-order chi connectivity index (χ1) is 12.7. The summed E-state index contributed by atoms with van der Waals surface area (Å²) in [6.45, 7) is 3.88. The lowest BCUT2D eigenvalue weighted by Crippen LogP contribution is -2.47. The quantitative estimate of drug-likeness (QED) is 0.723. The van der Waals surface area contributed by atoms with Gasteiger partial charge in [0.1, 0.15) is 0 Å². The molecule has 3 heterocycles. The van der Waals surface area contributed by atoms with Gasteiger partial charge in [-0.3, -0.25) is 9.89 Å². The van der Waals surface area contributed by atoms with Crippen LogP contribution in [0, 0.1) is 0 Å². The number of nitrogens with zero attached hydrogens (tertiary/aromatic N) is 3. The number of carbonyl (C=O) groups is 1. The SMILES string of the molecule is CCCc1[nH]ncc1C(=O)N[C@@H]1CCCN(c2nc3ccccc3s2)C1. The Labute approximate surface area is 156 Å². The summed E-state index contributed by atoms with van der Waals surface area (Å²) in [5.74, 6) is -0.0293. The second-order valence-corrected chi connectivity index (χ2v) is 7.74. The van der Waals surface area contributed by atoms with E-state index in [0.29, 0.717) is 5.56 Å². The number of hydrogen-bond acceptors (Lipinski definition) is 5. The van der Waals surface area contributed by atoms with Gasteiger partial charge in [0.05, 0.1) is 22.0 Å². The second-order valence-electron chi connectivity index (χ2n) is 6.74. The highest BCUT2D eigenvalue weighted by molar-refractivity contribution is 7.22. The Hall–Kier alpha value is -2.41. The molecule has 1 atom stereocenters. The number of thiazole rings is 1. The zero-order valence-corrected chi connectivity index (χ0v) is 15.7. The average Bonchev–Trinajstić information content (AvgIpc) is 3.29. The minimum atomic E-state index is -0.0293. The van der Waals surface area contributed by atoms with Crippen LogP contribution in [-0.2, 0) is 6.42 Å². The number of para-hydroxylation sites is 1. The molecule has 0 bridgehead atoms. The van der Waals surface area contributed by atoms with Crippen LogP contribution in [0.4, 0.5) is 5.13 Å². The van der Waals surface area contributed by atoms with Crippen LogP contribution >= 0.6 is 11.3 Å². The van der Waals surface area contributed by atoms with E-state index in [1.54, 1.807) is 17.5 Å². The molecule has 1 aliphatic rings. The van der Waals surface area contributed by atoms with Crippen molar-refractivity contribution < 1.29 is 4.79 Å². The predicted octanol–water partition coefficient (Wildman–Crippen LogP) is 3.37. The number of aryl methyl sites for hydroxylation is 1. The third-order valence-corrected chi connectivity index (χ3v) is 5.87. The lowest BCUT2D eigenvalue weighted by molar-refractivity contribution is 0.0932. The fourth-order valence-electron chi connectivity index (χ4n) is 3.48. The largest absolute Gasteiger partial charge is 0.347 e. The van der Waals surface area contributed by atoms with Crippen LogP contribution in [0.2, 0.25) is 0 Å². The van der Waals surface area contributed by atoms with Crippen molar-refractivity contribution in [2.75, 3.05) is 18.0 Å². The number of nitrogens with one attached hydrogen (secondary N) is 2. The van der Waals surface area contributed by atoms with Crippen LogP contribution in [0.3, 0.4) is 0 Å². The highest BCUT2D eigenvalue weighted by Gasteiger charge is 2.25. The molecule has 1 amide bonds. The first-order valence-electron chi connectivity index (χ1n) is 9.18. The molecule has 1 fully saturated rings. The van der Waals surface area contributed by atoms with E-state index in [9.17, 15) is 4.79 Å². The fourth-order valence-corrected chi connectivity index (χ4v) is 4.48. The van der Waals surface area contributed by atoms with E-state index in [1.165, 1.54) is 4.70 Å². The Balaban J connectivity index is 1.45. The van der Waals surface area contributed by atoms with Gasteiger partial charge < -0.3 is 10.2 Å². The van der Waals surface area contributed by atoms with Gasteiger partial charge in [-0.05, 0) is 31.4 Å². The molecule has 0 spiro atoms. The van der Waals surface area contributed by atoms with Crippen molar-refractivity contribution in [3.05, 3.63) is 41.7 Å². The average molecular weight is 369 g/mol. The molecule has 1 aromatic carbocycles. The molecule has 1 saturated heterocycles. The van der Waals surface area contributed by atoms with Crippen molar-refractivity contribution in [3.8, 4) is 0 Å². The number of H-pyrrole nitrogens is 1. The first kappa shape index (κ1) is 17.0. The zero-order chi connectivity index (χ0) is 17.9. The Morgan fingerprint density at radius 3 is 3.15 bits per heavy atom. The number of aromatic amines is 1. The van der Waals surface area contributed by atoms with E-state index in [2.05, 4.69) is 33.4 Å². The summed E-state index contributed by atoms with van der Waals surface area (Å²) < 4.78 is 1.20. The van der Waals surface area contributed by atoms with Crippen molar-refractivity contribution in [3.63, 3.8) is 0 Å². The maximum atomic E-state index is 12.7. The molecule has 2 N–H and O–H groups in total. The van der Waals surface area contributed by atoms with Crippen LogP contribution in [0.15, 0.2) is 30.5 Å². The maximum absolute atomic E-state index is 12.7. The molecule has 4 rings (SSSR count). The molecule has 3 aromatic rings. The molecule has 0 saturated carbocycles. The molecule has 26 heavy (non-hydrogen) atoms. The van der Waals surface area contributed by atoms with Crippen molar-refractivity contribution >= 4 is 32.6 Å². The number of hydrogen-bond donors (Lipinski definition) is 2. The Bertz CT molecular complexity index is 869. The molecule has 0 radical (unpaired) electrons. The molecule has 0 aliphatic carbocycles. The van der Waals surface area contributed by atoms with E-state index in [1.807, 2.05) is 18.2 Å². The Morgan fingerprint density at radius 1 is 1.42 bits per heavy atom. The first-order valence-corrected chi connectivity index (χ1v) is 10.00. The highest BCUT2D eigenvalue weighted by Crippen LogP contribution is 2.30. The topological polar surface area (TPSA) is 73.9 Å². The summed E-state index contributed by atoms with van der Waals surface area (Å²) in [7, 11) is 0. The molecule has 136 valence electrons. The number of benzene rings is 1. The summed E-state index contributed by atoms with van der Waals surface area (Å²) in [6.07, 6.45) is 5.50. The van der Waals surface area contributed by atoms with E-state index in [-0.39, 0.29) is 11.9 Å². The van der Waals surface area contributed by atoms with E-state index >= 15 is 0 Å². The number of amides is 1. The number of fused-ring (bicyclic) bond motifs is 1. The number of rotatable bonds is 5. The normalized spacial score (nSPS) is 17.6. The summed E-state index contributed by atoms with van der Waals surface area (Å²) >= 11 is 1.72. The molecule has 6 nitrogen and oxygen atoms in total. The van der Waals surface area contributed by atoms with Gasteiger partial charge in [0, 0.05) is 24.8 Å². The summed E-state index contributed by atoms with van der Waals surface area (Å²) in [5, 5.41) is 11.2. The van der Waals surface area contributed by atoms with E-state index in [0.717, 1.165) is 55.1 Å². The molecule has 1 aliphatic heterocycles. The number of carbonyl (C=O) groups excluding carboxylic acids is 1. The van der Waals surface area contributed by atoms with Gasteiger partial charge in [0.2, 0.25) is 0 Å². The predicted molar refractivity (Wildman–Crippen MR) is 105 cm³/mol. The van der Waals surface area contributed by atoms with Crippen molar-refractivity contribution in [1.29, 1.82) is 0 Å². The summed E-state index contributed by atoms with van der Waals surface area (Å²) in [6, 6.07) is 8.35. The number of piperidine rings is 1. The van der Waals surface area contributed by atoms with Gasteiger partial charge in [-0.25, -0.2) is 4.98 Å². The van der Waals surface area contributed by atoms with Gasteiger partial charge in [0.25, 0.3) is 5.91 Å². The van der Waals surface area contributed by atoms with Crippen LogP contribution in [0.5, 0.6) is 0 Å². The monoisotopic (exact) mass is 369 g/mol. The van der Waals surface area contributed by atoms with Crippen molar-refractivity contribution in [1.82, 2.24) is 20.5 Å². The van der Waals surface area contributed by atoms with Gasteiger partial charge in [-0.1, -0.05) is 36.8 Å². The minimum Gasteiger partial charge on any atom is -0.347 e. The van der Waals surface area contributed by atoms with E-state index in [4.69, 9.17) is 4.98 Å². The minimum absolute atomic E-state index is 0.0293. The summed E-state index contributed by atoms with van der Waals surface area (Å²) in [5.41, 5.74) is 2.63.